The molecule has 0 aliphatic carbocycles. The Morgan fingerprint density at radius 2 is 2.20 bits per heavy atom. The first-order valence-electron chi connectivity index (χ1n) is 6.03. The van der Waals surface area contributed by atoms with Crippen LogP contribution in [0.15, 0.2) is 46.0 Å². The number of ketones is 1. The van der Waals surface area contributed by atoms with Crippen LogP contribution < -0.4 is 5.76 Å². The summed E-state index contributed by atoms with van der Waals surface area (Å²) in [7, 11) is 1.62. The van der Waals surface area contributed by atoms with Crippen molar-refractivity contribution in [2.75, 3.05) is 0 Å². The molecule has 0 amide bonds. The SMILES string of the molecule is Cn1c(=O)oc2cc(C(=O)Cc3cnccn3)ccc21. The molecule has 0 N–H and O–H groups in total. The average Bonchev–Trinajstić information content (AvgIpc) is 2.74. The standard InChI is InChI=1S/C14H11N3O3/c1-17-11-3-2-9(6-13(11)20-14(17)19)12(18)7-10-8-15-4-5-16-10/h2-6,8H,7H2,1H3. The highest BCUT2D eigenvalue weighted by molar-refractivity contribution is 5.99. The lowest BCUT2D eigenvalue weighted by atomic mass is 10.1. The van der Waals surface area contributed by atoms with Crippen molar-refractivity contribution in [2.45, 2.75) is 6.42 Å². The third-order valence-corrected chi connectivity index (χ3v) is 3.07. The second-order valence-corrected chi connectivity index (χ2v) is 4.41. The molecule has 2 heterocycles. The highest BCUT2D eigenvalue weighted by Gasteiger charge is 2.12. The van der Waals surface area contributed by atoms with Crippen LogP contribution in [0.4, 0.5) is 0 Å². The molecule has 0 aliphatic rings. The third kappa shape index (κ3) is 2.11. The Kier molecular flexibility index (Phi) is 2.90. The van der Waals surface area contributed by atoms with Crippen LogP contribution in [0.25, 0.3) is 11.1 Å². The number of hydrogen-bond donors (Lipinski definition) is 0. The van der Waals surface area contributed by atoms with Crippen LogP contribution in [0.3, 0.4) is 0 Å². The lowest BCUT2D eigenvalue weighted by Crippen LogP contribution is -2.08. The van der Waals surface area contributed by atoms with E-state index >= 15 is 0 Å². The maximum Gasteiger partial charge on any atom is 0.419 e. The van der Waals surface area contributed by atoms with Gasteiger partial charge in [-0.2, -0.15) is 0 Å². The van der Waals surface area contributed by atoms with E-state index in [9.17, 15) is 9.59 Å². The van der Waals surface area contributed by atoms with Crippen LogP contribution in [-0.4, -0.2) is 20.3 Å². The van der Waals surface area contributed by atoms with Gasteiger partial charge in [0, 0.05) is 31.2 Å². The number of aryl methyl sites for hydroxylation is 1. The lowest BCUT2D eigenvalue weighted by Gasteiger charge is -2.00. The summed E-state index contributed by atoms with van der Waals surface area (Å²) in [5, 5.41) is 0. The second-order valence-electron chi connectivity index (χ2n) is 4.41. The minimum atomic E-state index is -0.446. The molecule has 0 bridgehead atoms. The zero-order valence-electron chi connectivity index (χ0n) is 10.7. The van der Waals surface area contributed by atoms with E-state index in [2.05, 4.69) is 9.97 Å². The minimum absolute atomic E-state index is 0.0982. The summed E-state index contributed by atoms with van der Waals surface area (Å²) >= 11 is 0. The van der Waals surface area contributed by atoms with Crippen molar-refractivity contribution < 1.29 is 9.21 Å². The molecule has 6 nitrogen and oxygen atoms in total. The zero-order valence-corrected chi connectivity index (χ0v) is 10.7. The second kappa shape index (κ2) is 4.73. The molecular weight excluding hydrogens is 258 g/mol. The summed E-state index contributed by atoms with van der Waals surface area (Å²) in [4.78, 5) is 31.5. The first-order valence-corrected chi connectivity index (χ1v) is 6.03. The number of oxazole rings is 1. The molecule has 0 fully saturated rings. The number of rotatable bonds is 3. The smallest absolute Gasteiger partial charge is 0.408 e. The lowest BCUT2D eigenvalue weighted by molar-refractivity contribution is 0.0992. The van der Waals surface area contributed by atoms with Crippen molar-refractivity contribution >= 4 is 16.9 Å². The number of hydrogen-bond acceptors (Lipinski definition) is 5. The molecule has 0 radical (unpaired) electrons. The Morgan fingerprint density at radius 1 is 1.35 bits per heavy atom. The van der Waals surface area contributed by atoms with E-state index in [4.69, 9.17) is 4.42 Å². The summed E-state index contributed by atoms with van der Waals surface area (Å²) in [5.74, 6) is -0.544. The number of carbonyl (C=O) groups is 1. The molecule has 6 heteroatoms. The molecule has 1 aromatic carbocycles. The van der Waals surface area contributed by atoms with Crippen LogP contribution >= 0.6 is 0 Å². The van der Waals surface area contributed by atoms with Gasteiger partial charge in [-0.15, -0.1) is 0 Å². The topological polar surface area (TPSA) is 78.0 Å². The highest BCUT2D eigenvalue weighted by Crippen LogP contribution is 2.15. The fourth-order valence-corrected chi connectivity index (χ4v) is 2.00. The van der Waals surface area contributed by atoms with Gasteiger partial charge >= 0.3 is 5.76 Å². The summed E-state index contributed by atoms with van der Waals surface area (Å²) in [6.45, 7) is 0. The van der Waals surface area contributed by atoms with Gasteiger partial charge in [0.1, 0.15) is 0 Å². The Morgan fingerprint density at radius 3 is 2.95 bits per heavy atom. The Bertz CT molecular complexity index is 834. The Hall–Kier alpha value is -2.76. The molecule has 0 saturated carbocycles. The molecule has 100 valence electrons. The first kappa shape index (κ1) is 12.3. The number of fused-ring (bicyclic) bond motifs is 1. The van der Waals surface area contributed by atoms with E-state index in [0.29, 0.717) is 22.4 Å². The quantitative estimate of drug-likeness (QED) is 0.670. The fraction of sp³-hybridized carbons (Fsp3) is 0.143. The molecule has 20 heavy (non-hydrogen) atoms. The number of carbonyl (C=O) groups excluding carboxylic acids is 1. The van der Waals surface area contributed by atoms with E-state index in [0.717, 1.165) is 0 Å². The van der Waals surface area contributed by atoms with Gasteiger partial charge in [0.25, 0.3) is 0 Å². The first-order chi connectivity index (χ1) is 9.65. The van der Waals surface area contributed by atoms with Crippen LogP contribution in [0.5, 0.6) is 0 Å². The van der Waals surface area contributed by atoms with E-state index in [1.807, 2.05) is 0 Å². The minimum Gasteiger partial charge on any atom is -0.408 e. The van der Waals surface area contributed by atoms with Crippen LogP contribution in [0.2, 0.25) is 0 Å². The van der Waals surface area contributed by atoms with Crippen LogP contribution in [0, 0.1) is 0 Å². The van der Waals surface area contributed by atoms with Crippen LogP contribution in [0.1, 0.15) is 16.1 Å². The number of aromatic nitrogens is 3. The summed E-state index contributed by atoms with van der Waals surface area (Å²) in [6, 6.07) is 4.95. The molecule has 0 unspecified atom stereocenters. The average molecular weight is 269 g/mol. The molecule has 3 rings (SSSR count). The van der Waals surface area contributed by atoms with Gasteiger partial charge < -0.3 is 4.42 Å². The highest BCUT2D eigenvalue weighted by atomic mass is 16.4. The van der Waals surface area contributed by atoms with E-state index in [1.54, 1.807) is 43.8 Å². The van der Waals surface area contributed by atoms with Crippen molar-refractivity contribution in [3.8, 4) is 0 Å². The van der Waals surface area contributed by atoms with Gasteiger partial charge in [-0.05, 0) is 18.2 Å². The van der Waals surface area contributed by atoms with E-state index in [1.165, 1.54) is 4.57 Å². The van der Waals surface area contributed by atoms with Gasteiger partial charge in [-0.1, -0.05) is 0 Å². The monoisotopic (exact) mass is 269 g/mol. The molecule has 0 saturated heterocycles. The molecule has 2 aromatic heterocycles. The van der Waals surface area contributed by atoms with Gasteiger partial charge in [0.15, 0.2) is 11.4 Å². The van der Waals surface area contributed by atoms with E-state index < -0.39 is 5.76 Å². The van der Waals surface area contributed by atoms with Crippen molar-refractivity contribution in [3.63, 3.8) is 0 Å². The van der Waals surface area contributed by atoms with Gasteiger partial charge in [0.2, 0.25) is 0 Å². The largest absolute Gasteiger partial charge is 0.419 e. The number of Topliss-reactive ketones (excluding diaryl/α,β-unsaturated/α-hetero) is 1. The predicted octanol–water partition coefficient (Wildman–Crippen LogP) is 1.35. The third-order valence-electron chi connectivity index (χ3n) is 3.07. The van der Waals surface area contributed by atoms with Crippen molar-refractivity contribution in [1.82, 2.24) is 14.5 Å². The molecular formula is C14H11N3O3. The van der Waals surface area contributed by atoms with E-state index in [-0.39, 0.29) is 12.2 Å². The molecule has 0 spiro atoms. The van der Waals surface area contributed by atoms with Crippen molar-refractivity contribution in [1.29, 1.82) is 0 Å². The Balaban J connectivity index is 1.94. The summed E-state index contributed by atoms with van der Waals surface area (Å²) < 4.78 is 6.46. The van der Waals surface area contributed by atoms with Crippen molar-refractivity contribution in [2.24, 2.45) is 7.05 Å². The maximum atomic E-state index is 12.2. The molecule has 3 aromatic rings. The van der Waals surface area contributed by atoms with Gasteiger partial charge in [-0.3, -0.25) is 19.3 Å². The number of benzene rings is 1. The molecule has 0 aliphatic heterocycles. The number of nitrogens with zero attached hydrogens (tertiary/aromatic N) is 3. The molecule has 0 atom stereocenters. The predicted molar refractivity (Wildman–Crippen MR) is 71.5 cm³/mol. The Labute approximate surface area is 113 Å². The van der Waals surface area contributed by atoms with Gasteiger partial charge in [-0.25, -0.2) is 4.79 Å². The van der Waals surface area contributed by atoms with Crippen LogP contribution in [-0.2, 0) is 13.5 Å². The normalized spacial score (nSPS) is 10.8. The summed E-state index contributed by atoms with van der Waals surface area (Å²) in [5.41, 5.74) is 2.15. The zero-order chi connectivity index (χ0) is 14.1. The maximum absolute atomic E-state index is 12.2. The van der Waals surface area contributed by atoms with Crippen molar-refractivity contribution in [3.05, 3.63) is 58.6 Å². The van der Waals surface area contributed by atoms with Gasteiger partial charge in [0.05, 0.1) is 17.6 Å². The summed E-state index contributed by atoms with van der Waals surface area (Å²) in [6.07, 6.45) is 4.82. The fourth-order valence-electron chi connectivity index (χ4n) is 2.00.